The molecule has 0 radical (unpaired) electrons. The Morgan fingerprint density at radius 2 is 2.08 bits per heavy atom. The van der Waals surface area contributed by atoms with Crippen LogP contribution in [0.3, 0.4) is 0 Å². The van der Waals surface area contributed by atoms with E-state index in [1.165, 1.54) is 7.11 Å². The number of rotatable bonds is 6. The first-order valence-electron chi connectivity index (χ1n) is 8.72. The molecule has 1 atom stereocenters. The minimum atomic E-state index is -0.408. The van der Waals surface area contributed by atoms with Crippen LogP contribution in [0.2, 0.25) is 0 Å². The molecule has 2 aromatic rings. The van der Waals surface area contributed by atoms with Gasteiger partial charge in [-0.3, -0.25) is 14.3 Å². The van der Waals surface area contributed by atoms with Gasteiger partial charge in [-0.15, -0.1) is 0 Å². The van der Waals surface area contributed by atoms with Crippen LogP contribution in [0, 0.1) is 0 Å². The number of ether oxygens (including phenoxy) is 2. The van der Waals surface area contributed by atoms with Gasteiger partial charge in [-0.1, -0.05) is 30.3 Å². The lowest BCUT2D eigenvalue weighted by molar-refractivity contribution is -0.147. The van der Waals surface area contributed by atoms with Crippen molar-refractivity contribution in [2.45, 2.75) is 44.8 Å². The van der Waals surface area contributed by atoms with Crippen molar-refractivity contribution in [3.05, 3.63) is 47.2 Å². The third-order valence-electron chi connectivity index (χ3n) is 4.65. The zero-order valence-electron chi connectivity index (χ0n) is 14.8. The summed E-state index contributed by atoms with van der Waals surface area (Å²) in [5.41, 5.74) is 8.69. The summed E-state index contributed by atoms with van der Waals surface area (Å²) in [5, 5.41) is 4.33. The lowest BCUT2D eigenvalue weighted by Crippen LogP contribution is -2.22. The molecule has 0 amide bonds. The average Bonchev–Trinajstić information content (AvgIpc) is 3.01. The molecule has 1 aromatic carbocycles. The van der Waals surface area contributed by atoms with Crippen LogP contribution in [-0.4, -0.2) is 28.8 Å². The Morgan fingerprint density at radius 3 is 2.81 bits per heavy atom. The molecule has 1 aliphatic rings. The highest BCUT2D eigenvalue weighted by Gasteiger charge is 2.33. The molecule has 2 N–H and O–H groups in total. The quantitative estimate of drug-likeness (QED) is 0.796. The number of carbonyl (C=O) groups is 2. The molecule has 0 aliphatic heterocycles. The molecule has 1 aliphatic carbocycles. The third-order valence-corrected chi connectivity index (χ3v) is 4.65. The molecular weight excluding hydrogens is 334 g/mol. The molecule has 7 nitrogen and oxygen atoms in total. The van der Waals surface area contributed by atoms with Gasteiger partial charge in [0.05, 0.1) is 26.0 Å². The Bertz CT molecular complexity index is 786. The fourth-order valence-corrected chi connectivity index (χ4v) is 3.34. The van der Waals surface area contributed by atoms with Crippen molar-refractivity contribution in [2.24, 2.45) is 0 Å². The van der Waals surface area contributed by atoms with Crippen LogP contribution in [-0.2, 0) is 38.6 Å². The summed E-state index contributed by atoms with van der Waals surface area (Å²) < 4.78 is 11.9. The number of nitrogens with two attached hydrogens (primary N) is 1. The summed E-state index contributed by atoms with van der Waals surface area (Å²) >= 11 is 0. The standard InChI is InChI=1S/C19H23N3O4/c1-25-16(23)10-11-22-15-9-5-8-14(17(15)18(20)21-22)19(24)26-12-13-6-3-2-4-7-13/h2-4,6-7,14H,5,8-12H2,1H3,(H2,20,21)/t14-/m1/s1. The molecular formula is C19H23N3O4. The van der Waals surface area contributed by atoms with E-state index in [-0.39, 0.29) is 25.0 Å². The SMILES string of the molecule is COC(=O)CCn1nc(N)c2c1CCC[C@H]2C(=O)OCc1ccccc1. The number of hydrogen-bond donors (Lipinski definition) is 1. The fraction of sp³-hybridized carbons (Fsp3) is 0.421. The number of aryl methyl sites for hydroxylation is 1. The van der Waals surface area contributed by atoms with Crippen molar-refractivity contribution >= 4 is 17.8 Å². The fourth-order valence-electron chi connectivity index (χ4n) is 3.34. The highest BCUT2D eigenvalue weighted by molar-refractivity contribution is 5.81. The second-order valence-electron chi connectivity index (χ2n) is 6.33. The van der Waals surface area contributed by atoms with E-state index in [2.05, 4.69) is 9.84 Å². The summed E-state index contributed by atoms with van der Waals surface area (Å²) in [7, 11) is 1.36. The molecule has 138 valence electrons. The predicted octanol–water partition coefficient (Wildman–Crippen LogP) is 2.19. The summed E-state index contributed by atoms with van der Waals surface area (Å²) in [6.45, 7) is 0.625. The molecule has 0 fully saturated rings. The maximum atomic E-state index is 12.6. The van der Waals surface area contributed by atoms with Gasteiger partial charge in [0.25, 0.3) is 0 Å². The summed E-state index contributed by atoms with van der Waals surface area (Å²) in [4.78, 5) is 24.0. The lowest BCUT2D eigenvalue weighted by atomic mass is 9.86. The van der Waals surface area contributed by atoms with E-state index in [4.69, 9.17) is 10.5 Å². The van der Waals surface area contributed by atoms with Crippen LogP contribution < -0.4 is 5.73 Å². The van der Waals surface area contributed by atoms with Crippen molar-refractivity contribution in [2.75, 3.05) is 12.8 Å². The van der Waals surface area contributed by atoms with Crippen molar-refractivity contribution in [3.8, 4) is 0 Å². The third kappa shape index (κ3) is 3.87. The van der Waals surface area contributed by atoms with Gasteiger partial charge >= 0.3 is 11.9 Å². The monoisotopic (exact) mass is 357 g/mol. The molecule has 3 rings (SSSR count). The average molecular weight is 357 g/mol. The first kappa shape index (κ1) is 18.0. The maximum absolute atomic E-state index is 12.6. The number of nitrogens with zero attached hydrogens (tertiary/aromatic N) is 2. The van der Waals surface area contributed by atoms with Crippen molar-refractivity contribution in [3.63, 3.8) is 0 Å². The van der Waals surface area contributed by atoms with Gasteiger partial charge in [0.1, 0.15) is 12.4 Å². The zero-order chi connectivity index (χ0) is 18.5. The Kier molecular flexibility index (Phi) is 5.55. The molecule has 1 heterocycles. The Labute approximate surface area is 152 Å². The summed E-state index contributed by atoms with van der Waals surface area (Å²) in [6.07, 6.45) is 2.53. The molecule has 0 bridgehead atoms. The number of hydrogen-bond acceptors (Lipinski definition) is 6. The minimum Gasteiger partial charge on any atom is -0.469 e. The number of benzene rings is 1. The van der Waals surface area contributed by atoms with Crippen molar-refractivity contribution in [1.29, 1.82) is 0 Å². The smallest absolute Gasteiger partial charge is 0.313 e. The first-order chi connectivity index (χ1) is 12.6. The van der Waals surface area contributed by atoms with Crippen molar-refractivity contribution in [1.82, 2.24) is 9.78 Å². The van der Waals surface area contributed by atoms with E-state index >= 15 is 0 Å². The topological polar surface area (TPSA) is 96.4 Å². The molecule has 7 heteroatoms. The Hall–Kier alpha value is -2.83. The molecule has 0 saturated heterocycles. The number of fused-ring (bicyclic) bond motifs is 1. The second kappa shape index (κ2) is 8.03. The van der Waals surface area contributed by atoms with E-state index in [0.717, 1.165) is 29.7 Å². The van der Waals surface area contributed by atoms with Gasteiger partial charge in [0, 0.05) is 11.3 Å². The minimum absolute atomic E-state index is 0.215. The molecule has 0 spiro atoms. The second-order valence-corrected chi connectivity index (χ2v) is 6.33. The van der Waals surface area contributed by atoms with Crippen LogP contribution in [0.15, 0.2) is 30.3 Å². The van der Waals surface area contributed by atoms with E-state index in [1.54, 1.807) is 4.68 Å². The number of esters is 2. The van der Waals surface area contributed by atoms with Gasteiger partial charge < -0.3 is 15.2 Å². The van der Waals surface area contributed by atoms with E-state index < -0.39 is 5.92 Å². The Balaban J connectivity index is 1.72. The molecule has 0 saturated carbocycles. The van der Waals surface area contributed by atoms with Crippen LogP contribution in [0.4, 0.5) is 5.82 Å². The van der Waals surface area contributed by atoms with Gasteiger partial charge in [-0.05, 0) is 24.8 Å². The van der Waals surface area contributed by atoms with Gasteiger partial charge in [-0.2, -0.15) is 5.10 Å². The van der Waals surface area contributed by atoms with Crippen LogP contribution in [0.25, 0.3) is 0 Å². The highest BCUT2D eigenvalue weighted by Crippen LogP contribution is 2.36. The molecule has 0 unspecified atom stereocenters. The first-order valence-corrected chi connectivity index (χ1v) is 8.72. The number of nitrogen functional groups attached to an aromatic ring is 1. The van der Waals surface area contributed by atoms with E-state index in [0.29, 0.717) is 18.8 Å². The van der Waals surface area contributed by atoms with Crippen molar-refractivity contribution < 1.29 is 19.1 Å². The lowest BCUT2D eigenvalue weighted by Gasteiger charge is -2.22. The van der Waals surface area contributed by atoms with E-state index in [9.17, 15) is 9.59 Å². The van der Waals surface area contributed by atoms with Crippen LogP contribution in [0.5, 0.6) is 0 Å². The van der Waals surface area contributed by atoms with Gasteiger partial charge in [-0.25, -0.2) is 0 Å². The number of anilines is 1. The Morgan fingerprint density at radius 1 is 1.31 bits per heavy atom. The van der Waals surface area contributed by atoms with Crippen LogP contribution >= 0.6 is 0 Å². The molecule has 26 heavy (non-hydrogen) atoms. The normalized spacial score (nSPS) is 16.0. The van der Waals surface area contributed by atoms with E-state index in [1.807, 2.05) is 30.3 Å². The molecule has 1 aromatic heterocycles. The summed E-state index contributed by atoms with van der Waals surface area (Å²) in [6, 6.07) is 9.57. The number of aromatic nitrogens is 2. The zero-order valence-corrected chi connectivity index (χ0v) is 14.8. The van der Waals surface area contributed by atoms with Gasteiger partial charge in [0.2, 0.25) is 0 Å². The summed E-state index contributed by atoms with van der Waals surface area (Å²) in [5.74, 6) is -0.656. The number of carbonyl (C=O) groups excluding carboxylic acids is 2. The maximum Gasteiger partial charge on any atom is 0.313 e. The number of methoxy groups -OCH3 is 1. The van der Waals surface area contributed by atoms with Crippen LogP contribution in [0.1, 0.15) is 42.0 Å². The highest BCUT2D eigenvalue weighted by atomic mass is 16.5. The largest absolute Gasteiger partial charge is 0.469 e. The van der Waals surface area contributed by atoms with Gasteiger partial charge in [0.15, 0.2) is 0 Å². The predicted molar refractivity (Wildman–Crippen MR) is 95.2 cm³/mol.